The Morgan fingerprint density at radius 2 is 1.70 bits per heavy atom. The van der Waals surface area contributed by atoms with Crippen molar-refractivity contribution in [3.05, 3.63) is 0 Å². The molecule has 1 atom stereocenters. The summed E-state index contributed by atoms with van der Waals surface area (Å²) in [4.78, 5) is 25.6. The average Bonchev–Trinajstić information content (AvgIpc) is 2.45. The number of ether oxygens (including phenoxy) is 2. The van der Waals surface area contributed by atoms with Crippen molar-refractivity contribution >= 4 is 11.9 Å². The Labute approximate surface area is 121 Å². The van der Waals surface area contributed by atoms with Crippen LogP contribution in [-0.4, -0.2) is 49.2 Å². The number of piperidine rings is 1. The van der Waals surface area contributed by atoms with E-state index in [0.717, 1.165) is 32.4 Å². The SMILES string of the molecule is CCOC(=O)CC(CC)N1CCC(C(=O)OCC)CC1. The molecule has 1 rings (SSSR count). The van der Waals surface area contributed by atoms with Crippen LogP contribution < -0.4 is 0 Å². The molecule has 5 nitrogen and oxygen atoms in total. The summed E-state index contributed by atoms with van der Waals surface area (Å²) < 4.78 is 10.1. The van der Waals surface area contributed by atoms with Gasteiger partial charge in [0.15, 0.2) is 0 Å². The third-order valence-corrected chi connectivity index (χ3v) is 3.84. The fraction of sp³-hybridized carbons (Fsp3) is 0.867. The van der Waals surface area contributed by atoms with E-state index in [1.165, 1.54) is 0 Å². The van der Waals surface area contributed by atoms with Crippen LogP contribution in [0.3, 0.4) is 0 Å². The van der Waals surface area contributed by atoms with Gasteiger partial charge >= 0.3 is 11.9 Å². The number of carbonyl (C=O) groups excluding carboxylic acids is 2. The Bertz CT molecular complexity index is 311. The van der Waals surface area contributed by atoms with E-state index in [1.54, 1.807) is 0 Å². The number of carbonyl (C=O) groups is 2. The summed E-state index contributed by atoms with van der Waals surface area (Å²) in [6.45, 7) is 8.31. The first-order chi connectivity index (χ1) is 9.62. The lowest BCUT2D eigenvalue weighted by atomic mass is 9.95. The second kappa shape index (κ2) is 8.95. The molecule has 1 fully saturated rings. The van der Waals surface area contributed by atoms with Crippen molar-refractivity contribution in [2.75, 3.05) is 26.3 Å². The van der Waals surface area contributed by atoms with Gasteiger partial charge in [-0.1, -0.05) is 6.92 Å². The zero-order valence-electron chi connectivity index (χ0n) is 12.9. The van der Waals surface area contributed by atoms with Crippen LogP contribution in [0, 0.1) is 5.92 Å². The van der Waals surface area contributed by atoms with Crippen molar-refractivity contribution in [1.29, 1.82) is 0 Å². The smallest absolute Gasteiger partial charge is 0.309 e. The molecule has 0 aliphatic carbocycles. The quantitative estimate of drug-likeness (QED) is 0.670. The van der Waals surface area contributed by atoms with E-state index in [1.807, 2.05) is 13.8 Å². The van der Waals surface area contributed by atoms with Gasteiger partial charge in [0.1, 0.15) is 0 Å². The van der Waals surface area contributed by atoms with E-state index in [2.05, 4.69) is 11.8 Å². The molecule has 1 aliphatic heterocycles. The van der Waals surface area contributed by atoms with Crippen molar-refractivity contribution in [3.8, 4) is 0 Å². The van der Waals surface area contributed by atoms with Gasteiger partial charge < -0.3 is 9.47 Å². The van der Waals surface area contributed by atoms with Gasteiger partial charge in [-0.05, 0) is 46.2 Å². The summed E-state index contributed by atoms with van der Waals surface area (Å²) in [5.41, 5.74) is 0. The lowest BCUT2D eigenvalue weighted by Crippen LogP contribution is -2.44. The van der Waals surface area contributed by atoms with E-state index < -0.39 is 0 Å². The summed E-state index contributed by atoms with van der Waals surface area (Å²) in [7, 11) is 0. The molecule has 0 amide bonds. The van der Waals surface area contributed by atoms with Crippen molar-refractivity contribution in [1.82, 2.24) is 4.90 Å². The average molecular weight is 285 g/mol. The van der Waals surface area contributed by atoms with Crippen molar-refractivity contribution in [3.63, 3.8) is 0 Å². The van der Waals surface area contributed by atoms with Crippen LogP contribution in [0.2, 0.25) is 0 Å². The van der Waals surface area contributed by atoms with Crippen LogP contribution in [-0.2, 0) is 19.1 Å². The first-order valence-electron chi connectivity index (χ1n) is 7.68. The van der Waals surface area contributed by atoms with Crippen LogP contribution in [0.25, 0.3) is 0 Å². The molecule has 1 saturated heterocycles. The molecule has 20 heavy (non-hydrogen) atoms. The molecular formula is C15H27NO4. The first kappa shape index (κ1) is 17.0. The molecule has 1 heterocycles. The van der Waals surface area contributed by atoms with E-state index in [-0.39, 0.29) is 23.9 Å². The fourth-order valence-electron chi connectivity index (χ4n) is 2.70. The third kappa shape index (κ3) is 5.12. The molecule has 0 aromatic rings. The zero-order chi connectivity index (χ0) is 15.0. The van der Waals surface area contributed by atoms with Crippen LogP contribution in [0.4, 0.5) is 0 Å². The molecule has 0 aromatic carbocycles. The van der Waals surface area contributed by atoms with Crippen molar-refractivity contribution < 1.29 is 19.1 Å². The molecule has 0 aromatic heterocycles. The lowest BCUT2D eigenvalue weighted by Gasteiger charge is -2.36. The summed E-state index contributed by atoms with van der Waals surface area (Å²) >= 11 is 0. The van der Waals surface area contributed by atoms with E-state index >= 15 is 0 Å². The number of hydrogen-bond acceptors (Lipinski definition) is 5. The maximum absolute atomic E-state index is 11.7. The molecular weight excluding hydrogens is 258 g/mol. The maximum atomic E-state index is 11.7. The van der Waals surface area contributed by atoms with E-state index in [9.17, 15) is 9.59 Å². The van der Waals surface area contributed by atoms with Gasteiger partial charge in [-0.25, -0.2) is 0 Å². The highest BCUT2D eigenvalue weighted by Crippen LogP contribution is 2.22. The predicted octanol–water partition coefficient (Wildman–Crippen LogP) is 1.99. The van der Waals surface area contributed by atoms with Gasteiger partial charge in [-0.2, -0.15) is 0 Å². The Hall–Kier alpha value is -1.10. The molecule has 5 heteroatoms. The number of nitrogens with zero attached hydrogens (tertiary/aromatic N) is 1. The highest BCUT2D eigenvalue weighted by Gasteiger charge is 2.29. The van der Waals surface area contributed by atoms with E-state index in [4.69, 9.17) is 9.47 Å². The monoisotopic (exact) mass is 285 g/mol. The summed E-state index contributed by atoms with van der Waals surface area (Å²) in [6, 6.07) is 0.220. The van der Waals surface area contributed by atoms with Crippen molar-refractivity contribution in [2.45, 2.75) is 52.5 Å². The van der Waals surface area contributed by atoms with Gasteiger partial charge in [-0.15, -0.1) is 0 Å². The maximum Gasteiger partial charge on any atom is 0.309 e. The van der Waals surface area contributed by atoms with Gasteiger partial charge in [0.25, 0.3) is 0 Å². The number of rotatable bonds is 7. The molecule has 0 N–H and O–H groups in total. The standard InChI is InChI=1S/C15H27NO4/c1-4-13(11-14(17)19-5-2)16-9-7-12(8-10-16)15(18)20-6-3/h12-13H,4-11H2,1-3H3. The second-order valence-electron chi connectivity index (χ2n) is 5.13. The summed E-state index contributed by atoms with van der Waals surface area (Å²) in [6.07, 6.45) is 2.99. The Balaban J connectivity index is 2.41. The molecule has 0 bridgehead atoms. The predicted molar refractivity (Wildman–Crippen MR) is 76.3 cm³/mol. The summed E-state index contributed by atoms with van der Waals surface area (Å²) in [5.74, 6) is -0.191. The van der Waals surface area contributed by atoms with Gasteiger partial charge in [0, 0.05) is 6.04 Å². The fourth-order valence-corrected chi connectivity index (χ4v) is 2.70. The molecule has 116 valence electrons. The molecule has 1 aliphatic rings. The Morgan fingerprint density at radius 3 is 2.20 bits per heavy atom. The zero-order valence-corrected chi connectivity index (χ0v) is 12.9. The Kier molecular flexibility index (Phi) is 7.59. The molecule has 0 spiro atoms. The minimum atomic E-state index is -0.133. The van der Waals surface area contributed by atoms with Gasteiger partial charge in [0.05, 0.1) is 25.6 Å². The highest BCUT2D eigenvalue weighted by molar-refractivity contribution is 5.72. The largest absolute Gasteiger partial charge is 0.466 e. The van der Waals surface area contributed by atoms with Crippen LogP contribution in [0.1, 0.15) is 46.5 Å². The normalized spacial score (nSPS) is 18.6. The topological polar surface area (TPSA) is 55.8 Å². The Morgan fingerprint density at radius 1 is 1.10 bits per heavy atom. The molecule has 1 unspecified atom stereocenters. The molecule has 0 saturated carbocycles. The number of likely N-dealkylation sites (tertiary alicyclic amines) is 1. The van der Waals surface area contributed by atoms with Crippen molar-refractivity contribution in [2.24, 2.45) is 5.92 Å². The first-order valence-corrected chi connectivity index (χ1v) is 7.68. The second-order valence-corrected chi connectivity index (χ2v) is 5.13. The van der Waals surface area contributed by atoms with E-state index in [0.29, 0.717) is 19.6 Å². The van der Waals surface area contributed by atoms with Crippen LogP contribution in [0.15, 0.2) is 0 Å². The summed E-state index contributed by atoms with van der Waals surface area (Å²) in [5, 5.41) is 0. The minimum absolute atomic E-state index is 0.0197. The van der Waals surface area contributed by atoms with Gasteiger partial charge in [0.2, 0.25) is 0 Å². The number of hydrogen-bond donors (Lipinski definition) is 0. The van der Waals surface area contributed by atoms with Crippen LogP contribution in [0.5, 0.6) is 0 Å². The number of esters is 2. The third-order valence-electron chi connectivity index (χ3n) is 3.84. The lowest BCUT2D eigenvalue weighted by molar-refractivity contribution is -0.151. The highest BCUT2D eigenvalue weighted by atomic mass is 16.5. The minimum Gasteiger partial charge on any atom is -0.466 e. The van der Waals surface area contributed by atoms with Crippen LogP contribution >= 0.6 is 0 Å². The van der Waals surface area contributed by atoms with Gasteiger partial charge in [-0.3, -0.25) is 14.5 Å². The molecule has 0 radical (unpaired) electrons.